The number of aromatic nitrogens is 1. The molecule has 1 atom stereocenters. The van der Waals surface area contributed by atoms with E-state index in [4.69, 9.17) is 5.26 Å². The first-order chi connectivity index (χ1) is 9.72. The molecule has 1 N–H and O–H groups in total. The van der Waals surface area contributed by atoms with Gasteiger partial charge in [0.1, 0.15) is 11.9 Å². The second-order valence-electron chi connectivity index (χ2n) is 4.41. The third-order valence-corrected chi connectivity index (χ3v) is 3.84. The lowest BCUT2D eigenvalue weighted by molar-refractivity contribution is 0.872. The van der Waals surface area contributed by atoms with Gasteiger partial charge in [-0.2, -0.15) is 5.26 Å². The van der Waals surface area contributed by atoms with E-state index in [2.05, 4.69) is 54.5 Å². The predicted molar refractivity (Wildman–Crippen MR) is 83.8 cm³/mol. The molecule has 2 aromatic rings. The first kappa shape index (κ1) is 14.4. The Morgan fingerprint density at radius 1 is 1.25 bits per heavy atom. The highest BCUT2D eigenvalue weighted by molar-refractivity contribution is 7.99. The van der Waals surface area contributed by atoms with Gasteiger partial charge in [-0.3, -0.25) is 0 Å². The van der Waals surface area contributed by atoms with Crippen LogP contribution in [-0.4, -0.2) is 10.7 Å². The van der Waals surface area contributed by atoms with Gasteiger partial charge in [-0.1, -0.05) is 19.1 Å². The van der Waals surface area contributed by atoms with Gasteiger partial charge < -0.3 is 5.32 Å². The van der Waals surface area contributed by atoms with Crippen LogP contribution in [0.3, 0.4) is 0 Å². The summed E-state index contributed by atoms with van der Waals surface area (Å²) in [7, 11) is 0. The average Bonchev–Trinajstić information content (AvgIpc) is 2.49. The molecule has 1 heterocycles. The number of anilines is 1. The van der Waals surface area contributed by atoms with Crippen molar-refractivity contribution in [2.75, 3.05) is 11.1 Å². The van der Waals surface area contributed by atoms with Gasteiger partial charge in [0.15, 0.2) is 0 Å². The molecule has 1 unspecified atom stereocenters. The second kappa shape index (κ2) is 6.97. The summed E-state index contributed by atoms with van der Waals surface area (Å²) in [6, 6.07) is 14.4. The van der Waals surface area contributed by atoms with Crippen LogP contribution in [-0.2, 0) is 0 Å². The maximum absolute atomic E-state index is 8.75. The number of rotatable bonds is 5. The minimum atomic E-state index is 0.177. The summed E-state index contributed by atoms with van der Waals surface area (Å²) in [5.41, 5.74) is 1.79. The first-order valence-electron chi connectivity index (χ1n) is 6.58. The fraction of sp³-hybridized carbons (Fsp3) is 0.250. The molecule has 0 aliphatic rings. The number of hydrogen-bond donors (Lipinski definition) is 1. The zero-order valence-electron chi connectivity index (χ0n) is 11.6. The van der Waals surface area contributed by atoms with E-state index in [1.807, 2.05) is 17.8 Å². The van der Waals surface area contributed by atoms with Gasteiger partial charge in [0.25, 0.3) is 0 Å². The van der Waals surface area contributed by atoms with Crippen molar-refractivity contribution in [2.24, 2.45) is 0 Å². The molecule has 0 aliphatic carbocycles. The Kier molecular flexibility index (Phi) is 5.03. The third-order valence-electron chi connectivity index (χ3n) is 2.95. The molecule has 0 amide bonds. The van der Waals surface area contributed by atoms with Crippen molar-refractivity contribution in [3.63, 3.8) is 0 Å². The minimum absolute atomic E-state index is 0.177. The monoisotopic (exact) mass is 283 g/mol. The Morgan fingerprint density at radius 3 is 2.55 bits per heavy atom. The number of thioether (sulfide) groups is 1. The van der Waals surface area contributed by atoms with Gasteiger partial charge in [0, 0.05) is 17.1 Å². The molecule has 20 heavy (non-hydrogen) atoms. The van der Waals surface area contributed by atoms with Crippen LogP contribution in [0.2, 0.25) is 0 Å². The lowest BCUT2D eigenvalue weighted by atomic mass is 10.1. The van der Waals surface area contributed by atoms with E-state index in [1.165, 1.54) is 10.5 Å². The molecule has 0 spiro atoms. The lowest BCUT2D eigenvalue weighted by Gasteiger charge is -2.15. The minimum Gasteiger partial charge on any atom is -0.364 e. The molecule has 0 saturated carbocycles. The smallest absolute Gasteiger partial charge is 0.126 e. The first-order valence-corrected chi connectivity index (χ1v) is 7.57. The van der Waals surface area contributed by atoms with Crippen LogP contribution in [0, 0.1) is 11.3 Å². The van der Waals surface area contributed by atoms with E-state index in [0.29, 0.717) is 5.56 Å². The molecule has 1 aromatic heterocycles. The Balaban J connectivity index is 2.03. The van der Waals surface area contributed by atoms with Gasteiger partial charge >= 0.3 is 0 Å². The molecule has 2 rings (SSSR count). The maximum atomic E-state index is 8.75. The summed E-state index contributed by atoms with van der Waals surface area (Å²) >= 11 is 1.84. The molecule has 0 saturated heterocycles. The number of benzene rings is 1. The summed E-state index contributed by atoms with van der Waals surface area (Å²) < 4.78 is 0. The summed E-state index contributed by atoms with van der Waals surface area (Å²) in [6.45, 7) is 4.25. The topological polar surface area (TPSA) is 48.7 Å². The van der Waals surface area contributed by atoms with Crippen molar-refractivity contribution in [1.29, 1.82) is 5.26 Å². The Bertz CT molecular complexity index is 585. The number of pyridine rings is 1. The fourth-order valence-corrected chi connectivity index (χ4v) is 2.53. The van der Waals surface area contributed by atoms with Crippen LogP contribution in [0.5, 0.6) is 0 Å². The van der Waals surface area contributed by atoms with Crippen molar-refractivity contribution in [3.8, 4) is 6.07 Å². The van der Waals surface area contributed by atoms with E-state index < -0.39 is 0 Å². The van der Waals surface area contributed by atoms with E-state index >= 15 is 0 Å². The van der Waals surface area contributed by atoms with Crippen molar-refractivity contribution in [1.82, 2.24) is 4.98 Å². The number of nitrogens with one attached hydrogen (secondary N) is 1. The highest BCUT2D eigenvalue weighted by Crippen LogP contribution is 2.22. The number of hydrogen-bond acceptors (Lipinski definition) is 4. The fourth-order valence-electron chi connectivity index (χ4n) is 1.87. The van der Waals surface area contributed by atoms with Crippen molar-refractivity contribution >= 4 is 17.6 Å². The van der Waals surface area contributed by atoms with E-state index in [9.17, 15) is 0 Å². The van der Waals surface area contributed by atoms with Gasteiger partial charge in [0.05, 0.1) is 5.56 Å². The quantitative estimate of drug-likeness (QED) is 0.834. The number of nitrogens with zero attached hydrogens (tertiary/aromatic N) is 2. The highest BCUT2D eigenvalue weighted by Gasteiger charge is 2.06. The lowest BCUT2D eigenvalue weighted by Crippen LogP contribution is -2.07. The van der Waals surface area contributed by atoms with Gasteiger partial charge in [-0.15, -0.1) is 11.8 Å². The normalized spacial score (nSPS) is 11.7. The summed E-state index contributed by atoms with van der Waals surface area (Å²) in [6.07, 6.45) is 1.58. The Hall–Kier alpha value is -1.99. The standard InChI is InChI=1S/C16H17N3S/c1-3-20-15-7-5-14(6-8-15)12(2)19-16-9-4-13(10-17)11-18-16/h4-9,11-12H,3H2,1-2H3,(H,18,19). The largest absolute Gasteiger partial charge is 0.364 e. The predicted octanol–water partition coefficient (Wildman–Crippen LogP) is 4.24. The Morgan fingerprint density at radius 2 is 2.00 bits per heavy atom. The highest BCUT2D eigenvalue weighted by atomic mass is 32.2. The second-order valence-corrected chi connectivity index (χ2v) is 5.75. The van der Waals surface area contributed by atoms with E-state index in [0.717, 1.165) is 11.6 Å². The summed E-state index contributed by atoms with van der Waals surface area (Å²) in [5, 5.41) is 12.1. The van der Waals surface area contributed by atoms with Crippen LogP contribution in [0.25, 0.3) is 0 Å². The zero-order chi connectivity index (χ0) is 14.4. The molecule has 0 fully saturated rings. The summed E-state index contributed by atoms with van der Waals surface area (Å²) in [5.74, 6) is 1.87. The zero-order valence-corrected chi connectivity index (χ0v) is 12.4. The molecule has 1 aromatic carbocycles. The van der Waals surface area contributed by atoms with E-state index in [1.54, 1.807) is 12.3 Å². The van der Waals surface area contributed by atoms with Gasteiger partial charge in [-0.25, -0.2) is 4.98 Å². The van der Waals surface area contributed by atoms with Crippen molar-refractivity contribution < 1.29 is 0 Å². The summed E-state index contributed by atoms with van der Waals surface area (Å²) in [4.78, 5) is 5.52. The van der Waals surface area contributed by atoms with Crippen LogP contribution in [0.4, 0.5) is 5.82 Å². The van der Waals surface area contributed by atoms with Crippen LogP contribution >= 0.6 is 11.8 Å². The molecule has 0 radical (unpaired) electrons. The molecule has 0 bridgehead atoms. The average molecular weight is 283 g/mol. The van der Waals surface area contributed by atoms with Crippen LogP contribution in [0.15, 0.2) is 47.5 Å². The van der Waals surface area contributed by atoms with Gasteiger partial charge in [0.2, 0.25) is 0 Å². The number of nitriles is 1. The molecular weight excluding hydrogens is 266 g/mol. The van der Waals surface area contributed by atoms with Gasteiger partial charge in [-0.05, 0) is 42.5 Å². The molecule has 3 nitrogen and oxygen atoms in total. The third kappa shape index (κ3) is 3.75. The van der Waals surface area contributed by atoms with Crippen LogP contribution in [0.1, 0.15) is 31.0 Å². The Labute approximate surface area is 124 Å². The molecule has 4 heteroatoms. The van der Waals surface area contributed by atoms with Crippen LogP contribution < -0.4 is 5.32 Å². The molecular formula is C16H17N3S. The molecule has 102 valence electrons. The maximum Gasteiger partial charge on any atom is 0.126 e. The molecule has 0 aliphatic heterocycles. The SMILES string of the molecule is CCSc1ccc(C(C)Nc2ccc(C#N)cn2)cc1. The van der Waals surface area contributed by atoms with E-state index in [-0.39, 0.29) is 6.04 Å². The van der Waals surface area contributed by atoms with Crippen molar-refractivity contribution in [3.05, 3.63) is 53.7 Å². The van der Waals surface area contributed by atoms with Crippen molar-refractivity contribution in [2.45, 2.75) is 24.8 Å².